The van der Waals surface area contributed by atoms with E-state index in [2.05, 4.69) is 34.5 Å². The molecule has 4 nitrogen and oxygen atoms in total. The van der Waals surface area contributed by atoms with Gasteiger partial charge >= 0.3 is 6.09 Å². The molecule has 0 spiro atoms. The fourth-order valence-electron chi connectivity index (χ4n) is 2.98. The summed E-state index contributed by atoms with van der Waals surface area (Å²) >= 11 is 2.06. The van der Waals surface area contributed by atoms with Gasteiger partial charge in [0.2, 0.25) is 0 Å². The molecular formula is C20H32N2O2S. The lowest BCUT2D eigenvalue weighted by Gasteiger charge is -2.25. The SMILES string of the molecule is CC(C)(C)OC(=O)NC(CCNCC1CCCSC1)c1ccccc1. The maximum atomic E-state index is 12.2. The maximum absolute atomic E-state index is 12.2. The molecule has 25 heavy (non-hydrogen) atoms. The van der Waals surface area contributed by atoms with Crippen LogP contribution in [0, 0.1) is 5.92 Å². The van der Waals surface area contributed by atoms with Crippen LogP contribution in [-0.2, 0) is 4.74 Å². The lowest BCUT2D eigenvalue weighted by atomic mass is 10.0. The van der Waals surface area contributed by atoms with E-state index in [1.54, 1.807) is 0 Å². The molecule has 0 saturated carbocycles. The smallest absolute Gasteiger partial charge is 0.408 e. The van der Waals surface area contributed by atoms with E-state index < -0.39 is 5.60 Å². The van der Waals surface area contributed by atoms with E-state index in [9.17, 15) is 4.79 Å². The fraction of sp³-hybridized carbons (Fsp3) is 0.650. The molecule has 2 N–H and O–H groups in total. The number of carbonyl (C=O) groups is 1. The van der Waals surface area contributed by atoms with Gasteiger partial charge in [0, 0.05) is 0 Å². The molecule has 0 bridgehead atoms. The van der Waals surface area contributed by atoms with Crippen LogP contribution in [0.2, 0.25) is 0 Å². The van der Waals surface area contributed by atoms with Crippen molar-refractivity contribution >= 4 is 17.9 Å². The molecule has 2 unspecified atom stereocenters. The van der Waals surface area contributed by atoms with Crippen molar-refractivity contribution in [3.8, 4) is 0 Å². The van der Waals surface area contributed by atoms with Crippen molar-refractivity contribution in [1.82, 2.24) is 10.6 Å². The van der Waals surface area contributed by atoms with E-state index in [4.69, 9.17) is 4.74 Å². The third-order valence-corrected chi connectivity index (χ3v) is 5.47. The molecule has 0 radical (unpaired) electrons. The Bertz CT molecular complexity index is 510. The summed E-state index contributed by atoms with van der Waals surface area (Å²) in [7, 11) is 0. The van der Waals surface area contributed by atoms with Gasteiger partial charge in [0.05, 0.1) is 6.04 Å². The van der Waals surface area contributed by atoms with E-state index in [-0.39, 0.29) is 12.1 Å². The third-order valence-electron chi connectivity index (χ3n) is 4.19. The Morgan fingerprint density at radius 1 is 1.32 bits per heavy atom. The zero-order chi connectivity index (χ0) is 18.1. The molecule has 1 aromatic carbocycles. The fourth-order valence-corrected chi connectivity index (χ4v) is 4.13. The van der Waals surface area contributed by atoms with E-state index in [1.165, 1.54) is 24.3 Å². The lowest BCUT2D eigenvalue weighted by molar-refractivity contribution is 0.0501. The van der Waals surface area contributed by atoms with Crippen molar-refractivity contribution in [2.24, 2.45) is 5.92 Å². The first-order valence-corrected chi connectivity index (χ1v) is 10.4. The Balaban J connectivity index is 1.83. The molecule has 2 rings (SSSR count). The summed E-state index contributed by atoms with van der Waals surface area (Å²) in [6.07, 6.45) is 3.16. The Labute approximate surface area is 156 Å². The summed E-state index contributed by atoms with van der Waals surface area (Å²) in [5.41, 5.74) is 0.630. The van der Waals surface area contributed by atoms with Gasteiger partial charge in [-0.2, -0.15) is 11.8 Å². The normalized spacial score (nSPS) is 19.2. The molecule has 1 heterocycles. The minimum Gasteiger partial charge on any atom is -0.444 e. The second-order valence-corrected chi connectivity index (χ2v) is 8.84. The number of benzene rings is 1. The molecule has 1 aromatic rings. The van der Waals surface area contributed by atoms with Gasteiger partial charge in [-0.1, -0.05) is 30.3 Å². The zero-order valence-corrected chi connectivity index (χ0v) is 16.5. The Morgan fingerprint density at radius 2 is 2.08 bits per heavy atom. The van der Waals surface area contributed by atoms with Crippen LogP contribution >= 0.6 is 11.8 Å². The van der Waals surface area contributed by atoms with Crippen molar-refractivity contribution in [2.75, 3.05) is 24.6 Å². The van der Waals surface area contributed by atoms with Gasteiger partial charge in [0.1, 0.15) is 5.60 Å². The quantitative estimate of drug-likeness (QED) is 0.705. The number of carbonyl (C=O) groups excluding carboxylic acids is 1. The largest absolute Gasteiger partial charge is 0.444 e. The van der Waals surface area contributed by atoms with Crippen LogP contribution in [-0.4, -0.2) is 36.3 Å². The lowest BCUT2D eigenvalue weighted by Crippen LogP contribution is -2.36. The monoisotopic (exact) mass is 364 g/mol. The number of hydrogen-bond acceptors (Lipinski definition) is 4. The van der Waals surface area contributed by atoms with Gasteiger partial charge in [-0.3, -0.25) is 0 Å². The average Bonchev–Trinajstić information content (AvgIpc) is 2.58. The third kappa shape index (κ3) is 8.15. The first-order chi connectivity index (χ1) is 11.9. The van der Waals surface area contributed by atoms with Gasteiger partial charge in [-0.15, -0.1) is 0 Å². The van der Waals surface area contributed by atoms with Gasteiger partial charge in [0.25, 0.3) is 0 Å². The van der Waals surface area contributed by atoms with Crippen LogP contribution in [0.4, 0.5) is 4.79 Å². The van der Waals surface area contributed by atoms with Crippen LogP contribution < -0.4 is 10.6 Å². The molecule has 5 heteroatoms. The first kappa shape index (κ1) is 20.1. The van der Waals surface area contributed by atoms with Crippen LogP contribution in [0.5, 0.6) is 0 Å². The molecule has 0 aliphatic carbocycles. The Morgan fingerprint density at radius 3 is 2.72 bits per heavy atom. The highest BCUT2D eigenvalue weighted by molar-refractivity contribution is 7.99. The number of alkyl carbamates (subject to hydrolysis) is 1. The summed E-state index contributed by atoms with van der Waals surface area (Å²) < 4.78 is 5.42. The van der Waals surface area contributed by atoms with E-state index in [1.807, 2.05) is 39.0 Å². The number of rotatable bonds is 7. The number of hydrogen-bond donors (Lipinski definition) is 2. The molecule has 140 valence electrons. The van der Waals surface area contributed by atoms with E-state index in [0.29, 0.717) is 0 Å². The standard InChI is InChI=1S/C20H32N2O2S/c1-20(2,3)24-19(23)22-18(17-9-5-4-6-10-17)11-12-21-14-16-8-7-13-25-15-16/h4-6,9-10,16,18,21H,7-8,11-15H2,1-3H3,(H,22,23). The summed E-state index contributed by atoms with van der Waals surface area (Å²) in [6, 6.07) is 10.1. The number of nitrogens with one attached hydrogen (secondary N) is 2. The predicted octanol–water partition coefficient (Wildman–Crippen LogP) is 4.38. The second-order valence-electron chi connectivity index (χ2n) is 7.69. The highest BCUT2D eigenvalue weighted by Crippen LogP contribution is 2.22. The highest BCUT2D eigenvalue weighted by Gasteiger charge is 2.20. The van der Waals surface area contributed by atoms with Crippen molar-refractivity contribution < 1.29 is 9.53 Å². The van der Waals surface area contributed by atoms with Gasteiger partial charge < -0.3 is 15.4 Å². The summed E-state index contributed by atoms with van der Waals surface area (Å²) in [4.78, 5) is 12.2. The average molecular weight is 365 g/mol. The van der Waals surface area contributed by atoms with Gasteiger partial charge in [0.15, 0.2) is 0 Å². The molecule has 2 atom stereocenters. The topological polar surface area (TPSA) is 50.4 Å². The van der Waals surface area contributed by atoms with Crippen molar-refractivity contribution in [1.29, 1.82) is 0 Å². The van der Waals surface area contributed by atoms with Crippen LogP contribution in [0.25, 0.3) is 0 Å². The Hall–Kier alpha value is -1.20. The molecule has 1 aliphatic rings. The van der Waals surface area contributed by atoms with Crippen molar-refractivity contribution in [2.45, 2.75) is 51.7 Å². The predicted molar refractivity (Wildman–Crippen MR) is 106 cm³/mol. The second kappa shape index (κ2) is 10.1. The molecule has 0 aromatic heterocycles. The highest BCUT2D eigenvalue weighted by atomic mass is 32.2. The molecule has 1 aliphatic heterocycles. The van der Waals surface area contributed by atoms with Crippen molar-refractivity contribution in [3.63, 3.8) is 0 Å². The summed E-state index contributed by atoms with van der Waals surface area (Å²) in [6.45, 7) is 7.60. The van der Waals surface area contributed by atoms with Gasteiger partial charge in [-0.25, -0.2) is 4.79 Å². The van der Waals surface area contributed by atoms with Gasteiger partial charge in [-0.05, 0) is 76.1 Å². The van der Waals surface area contributed by atoms with Crippen molar-refractivity contribution in [3.05, 3.63) is 35.9 Å². The summed E-state index contributed by atoms with van der Waals surface area (Å²) in [5.74, 6) is 3.37. The molecule has 1 fully saturated rings. The van der Waals surface area contributed by atoms with E-state index in [0.717, 1.165) is 31.0 Å². The molecule has 1 saturated heterocycles. The molecule has 1 amide bonds. The zero-order valence-electron chi connectivity index (χ0n) is 15.7. The van der Waals surface area contributed by atoms with Crippen LogP contribution in [0.15, 0.2) is 30.3 Å². The summed E-state index contributed by atoms with van der Waals surface area (Å²) in [5, 5.41) is 6.59. The van der Waals surface area contributed by atoms with Crippen LogP contribution in [0.1, 0.15) is 51.6 Å². The minimum atomic E-state index is -0.484. The number of ether oxygens (including phenoxy) is 1. The number of thioether (sulfide) groups is 1. The number of amides is 1. The molecular weight excluding hydrogens is 332 g/mol. The Kier molecular flexibility index (Phi) is 8.10. The minimum absolute atomic E-state index is 0.0377. The van der Waals surface area contributed by atoms with E-state index >= 15 is 0 Å². The first-order valence-electron chi connectivity index (χ1n) is 9.27. The maximum Gasteiger partial charge on any atom is 0.408 e. The van der Waals surface area contributed by atoms with Crippen LogP contribution in [0.3, 0.4) is 0 Å².